The Kier molecular flexibility index (Phi) is 70.7. The van der Waals surface area contributed by atoms with Gasteiger partial charge in [0.2, 0.25) is 0 Å². The molecule has 19 heteroatoms. The van der Waals surface area contributed by atoms with E-state index in [0.29, 0.717) is 25.7 Å². The third-order valence-corrected chi connectivity index (χ3v) is 20.1. The minimum Gasteiger partial charge on any atom is -0.462 e. The van der Waals surface area contributed by atoms with Gasteiger partial charge in [-0.1, -0.05) is 348 Å². The summed E-state index contributed by atoms with van der Waals surface area (Å²) >= 11 is 0. The first-order valence-electron chi connectivity index (χ1n) is 41.0. The van der Waals surface area contributed by atoms with Crippen LogP contribution in [0.1, 0.15) is 401 Å². The number of phosphoric ester groups is 2. The van der Waals surface area contributed by atoms with Crippen LogP contribution in [0.15, 0.2) is 24.3 Å². The molecule has 0 aromatic heterocycles. The highest BCUT2D eigenvalue weighted by Crippen LogP contribution is 2.45. The Morgan fingerprint density at radius 1 is 0.313 bits per heavy atom. The summed E-state index contributed by atoms with van der Waals surface area (Å²) in [6.07, 6.45) is 65.8. The molecule has 99 heavy (non-hydrogen) atoms. The third-order valence-electron chi connectivity index (χ3n) is 18.2. The van der Waals surface area contributed by atoms with Crippen LogP contribution in [0.4, 0.5) is 0 Å². The Bertz CT molecular complexity index is 1990. The van der Waals surface area contributed by atoms with Gasteiger partial charge >= 0.3 is 39.5 Å². The van der Waals surface area contributed by atoms with Crippen molar-refractivity contribution in [2.75, 3.05) is 39.6 Å². The molecule has 0 radical (unpaired) electrons. The van der Waals surface area contributed by atoms with Gasteiger partial charge in [-0.2, -0.15) is 0 Å². The topological polar surface area (TPSA) is 237 Å². The van der Waals surface area contributed by atoms with Crippen LogP contribution in [0, 0.1) is 5.92 Å². The molecule has 0 aliphatic rings. The van der Waals surface area contributed by atoms with E-state index in [0.717, 1.165) is 115 Å². The van der Waals surface area contributed by atoms with Crippen molar-refractivity contribution in [1.29, 1.82) is 0 Å². The largest absolute Gasteiger partial charge is 0.472 e. The van der Waals surface area contributed by atoms with Gasteiger partial charge in [-0.25, -0.2) is 9.13 Å². The van der Waals surface area contributed by atoms with Gasteiger partial charge in [-0.3, -0.25) is 37.3 Å². The molecule has 0 aromatic rings. The number of aliphatic hydroxyl groups is 1. The summed E-state index contributed by atoms with van der Waals surface area (Å²) in [5, 5.41) is 10.6. The van der Waals surface area contributed by atoms with Gasteiger partial charge in [-0.15, -0.1) is 0 Å². The highest BCUT2D eigenvalue weighted by atomic mass is 31.2. The lowest BCUT2D eigenvalue weighted by Crippen LogP contribution is -2.30. The molecule has 0 aliphatic heterocycles. The van der Waals surface area contributed by atoms with Gasteiger partial charge in [0.1, 0.15) is 19.3 Å². The molecule has 3 N–H and O–H groups in total. The van der Waals surface area contributed by atoms with Gasteiger partial charge in [0, 0.05) is 25.7 Å². The first-order chi connectivity index (χ1) is 48.0. The van der Waals surface area contributed by atoms with Crippen molar-refractivity contribution >= 4 is 39.5 Å². The quantitative estimate of drug-likeness (QED) is 0.0169. The average molecular weight is 1450 g/mol. The minimum atomic E-state index is -4.97. The Morgan fingerprint density at radius 3 is 0.828 bits per heavy atom. The molecule has 584 valence electrons. The normalized spacial score (nSPS) is 14.0. The summed E-state index contributed by atoms with van der Waals surface area (Å²) in [5.41, 5.74) is 0. The lowest BCUT2D eigenvalue weighted by Gasteiger charge is -2.21. The van der Waals surface area contributed by atoms with Gasteiger partial charge < -0.3 is 33.8 Å². The maximum absolute atomic E-state index is 13.1. The molecule has 0 aliphatic carbocycles. The van der Waals surface area contributed by atoms with Crippen molar-refractivity contribution < 1.29 is 80.2 Å². The summed E-state index contributed by atoms with van der Waals surface area (Å²) in [7, 11) is -9.93. The Hall–Kier alpha value is -2.46. The maximum atomic E-state index is 13.1. The summed E-state index contributed by atoms with van der Waals surface area (Å²) in [5.74, 6) is -1.37. The van der Waals surface area contributed by atoms with E-state index in [4.69, 9.17) is 37.0 Å². The molecule has 0 bridgehead atoms. The van der Waals surface area contributed by atoms with E-state index in [-0.39, 0.29) is 25.7 Å². The van der Waals surface area contributed by atoms with Crippen molar-refractivity contribution in [3.05, 3.63) is 24.3 Å². The first-order valence-corrected chi connectivity index (χ1v) is 43.9. The van der Waals surface area contributed by atoms with Crippen molar-refractivity contribution in [2.45, 2.75) is 419 Å². The van der Waals surface area contributed by atoms with E-state index in [9.17, 15) is 43.2 Å². The molecule has 0 saturated carbocycles. The fourth-order valence-electron chi connectivity index (χ4n) is 11.9. The lowest BCUT2D eigenvalue weighted by molar-refractivity contribution is -0.161. The standard InChI is InChI=1S/C80H152O17P2/c1-6-9-12-15-18-21-24-27-29-30-32-35-40-45-50-55-60-65-79(84)96-75(69-91-78(83)64-59-54-49-44-39-34-31-28-25-22-19-16-13-10-7-2)71-94-98(86,87)92-67-74(81)68-93-99(88,89)95-72-76(70-90-77(82)63-58-53-48-43-38-33-26-23-20-17-14-11-8-3)97-80(85)66-61-56-51-46-41-36-37-42-47-52-57-62-73(4)5/h22,25,28,31,73-76,81H,6-21,23-24,26-27,29-30,32-72H2,1-5H3,(H,86,87)(H,88,89)/b25-22-,31-28-/t74-,75-,76-/m1/s1. The predicted octanol–water partition coefficient (Wildman–Crippen LogP) is 23.6. The number of phosphoric acid groups is 2. The monoisotopic (exact) mass is 1450 g/mol. The maximum Gasteiger partial charge on any atom is 0.472 e. The Balaban J connectivity index is 5.30. The molecule has 0 rings (SSSR count). The smallest absolute Gasteiger partial charge is 0.462 e. The van der Waals surface area contributed by atoms with Crippen LogP contribution < -0.4 is 0 Å². The van der Waals surface area contributed by atoms with E-state index >= 15 is 0 Å². The van der Waals surface area contributed by atoms with Crippen LogP contribution in [0.5, 0.6) is 0 Å². The average Bonchev–Trinajstić information content (AvgIpc) is 1.07. The van der Waals surface area contributed by atoms with Crippen LogP contribution in [0.25, 0.3) is 0 Å². The fourth-order valence-corrected chi connectivity index (χ4v) is 13.4. The Morgan fingerprint density at radius 2 is 0.545 bits per heavy atom. The zero-order chi connectivity index (χ0) is 72.7. The zero-order valence-corrected chi connectivity index (χ0v) is 65.9. The van der Waals surface area contributed by atoms with E-state index in [1.54, 1.807) is 0 Å². The SMILES string of the molecule is CCCCCC/C=C\C=C/CCCCCCCC(=O)OC[C@H](COP(=O)(O)OC[C@@H](O)COP(=O)(O)OC[C@@H](COC(=O)CCCCCCCCCCCCCCC)OC(=O)CCCCCCCCCCCCCC(C)C)OC(=O)CCCCCCCCCCCCCCCCCCC. The summed E-state index contributed by atoms with van der Waals surface area (Å²) in [4.78, 5) is 73.0. The first kappa shape index (κ1) is 96.5. The number of unbranched alkanes of at least 4 members (excludes halogenated alkanes) is 47. The molecule has 5 atom stereocenters. The summed E-state index contributed by atoms with van der Waals surface area (Å²) in [6.45, 7) is 7.26. The zero-order valence-electron chi connectivity index (χ0n) is 64.1. The number of carbonyl (C=O) groups excluding carboxylic acids is 4. The fraction of sp³-hybridized carbons (Fsp3) is 0.900. The van der Waals surface area contributed by atoms with Crippen LogP contribution in [-0.2, 0) is 65.4 Å². The van der Waals surface area contributed by atoms with Crippen molar-refractivity contribution in [2.24, 2.45) is 5.92 Å². The molecule has 17 nitrogen and oxygen atoms in total. The van der Waals surface area contributed by atoms with Crippen molar-refractivity contribution in [3.8, 4) is 0 Å². The molecule has 2 unspecified atom stereocenters. The highest BCUT2D eigenvalue weighted by Gasteiger charge is 2.30. The molecular weight excluding hydrogens is 1290 g/mol. The van der Waals surface area contributed by atoms with E-state index < -0.39 is 97.5 Å². The highest BCUT2D eigenvalue weighted by molar-refractivity contribution is 7.47. The number of aliphatic hydroxyl groups excluding tert-OH is 1. The van der Waals surface area contributed by atoms with Crippen LogP contribution in [-0.4, -0.2) is 96.7 Å². The molecule has 0 heterocycles. The number of carbonyl (C=O) groups is 4. The lowest BCUT2D eigenvalue weighted by atomic mass is 10.0. The number of allylic oxidation sites excluding steroid dienone is 4. The van der Waals surface area contributed by atoms with Crippen LogP contribution in [0.2, 0.25) is 0 Å². The Labute approximate surface area is 605 Å². The number of ether oxygens (including phenoxy) is 4. The summed E-state index contributed by atoms with van der Waals surface area (Å²) in [6, 6.07) is 0. The van der Waals surface area contributed by atoms with Crippen LogP contribution >= 0.6 is 15.6 Å². The van der Waals surface area contributed by atoms with E-state index in [1.807, 2.05) is 0 Å². The second-order valence-corrected chi connectivity index (χ2v) is 31.5. The molecule has 0 amide bonds. The van der Waals surface area contributed by atoms with Crippen molar-refractivity contribution in [1.82, 2.24) is 0 Å². The van der Waals surface area contributed by atoms with Crippen molar-refractivity contribution in [3.63, 3.8) is 0 Å². The van der Waals surface area contributed by atoms with Gasteiger partial charge in [0.15, 0.2) is 12.2 Å². The number of rotatable bonds is 78. The molecule has 0 aromatic carbocycles. The van der Waals surface area contributed by atoms with E-state index in [1.165, 1.54) is 205 Å². The minimum absolute atomic E-state index is 0.102. The molecule has 0 spiro atoms. The van der Waals surface area contributed by atoms with Gasteiger partial charge in [-0.05, 0) is 57.3 Å². The van der Waals surface area contributed by atoms with Crippen LogP contribution in [0.3, 0.4) is 0 Å². The molecule has 0 fully saturated rings. The number of hydrogen-bond acceptors (Lipinski definition) is 15. The number of hydrogen-bond donors (Lipinski definition) is 3. The molecule has 0 saturated heterocycles. The van der Waals surface area contributed by atoms with E-state index in [2.05, 4.69) is 58.9 Å². The summed E-state index contributed by atoms with van der Waals surface area (Å²) < 4.78 is 68.7. The van der Waals surface area contributed by atoms with Gasteiger partial charge in [0.25, 0.3) is 0 Å². The van der Waals surface area contributed by atoms with Gasteiger partial charge in [0.05, 0.1) is 26.4 Å². The third kappa shape index (κ3) is 73.6. The second kappa shape index (κ2) is 72.5. The number of esters is 4. The predicted molar refractivity (Wildman–Crippen MR) is 404 cm³/mol. The second-order valence-electron chi connectivity index (χ2n) is 28.6. The molecular formula is C80H152O17P2.